The van der Waals surface area contributed by atoms with Crippen LogP contribution in [0.2, 0.25) is 0 Å². The summed E-state index contributed by atoms with van der Waals surface area (Å²) in [6.45, 7) is 17.7. The van der Waals surface area contributed by atoms with E-state index in [-0.39, 0.29) is 57.6 Å². The summed E-state index contributed by atoms with van der Waals surface area (Å²) in [4.78, 5) is 0. The SMILES string of the molecule is CC1=CC(C)C(c2ccccc2C(C)(C)[N-]C(C)(C)C)=C1C.[Cl-].[Cl-].[Ti+3]. The molecule has 1 aliphatic carbocycles. The molecule has 0 saturated heterocycles. The Balaban J connectivity index is 0. The minimum Gasteiger partial charge on any atom is -1.00 e. The van der Waals surface area contributed by atoms with E-state index >= 15 is 0 Å². The van der Waals surface area contributed by atoms with E-state index in [0.717, 1.165) is 0 Å². The first kappa shape index (κ1) is 27.2. The normalized spacial score (nSPS) is 17.3. The van der Waals surface area contributed by atoms with Crippen molar-refractivity contribution in [2.45, 2.75) is 66.5 Å². The van der Waals surface area contributed by atoms with E-state index in [1.807, 2.05) is 0 Å². The molecule has 0 amide bonds. The first-order valence-corrected chi connectivity index (χ1v) is 8.26. The number of allylic oxidation sites excluding steroid dienone is 4. The molecule has 1 unspecified atom stereocenters. The Hall–Kier alpha value is -0.0457. The van der Waals surface area contributed by atoms with Crippen molar-refractivity contribution in [3.05, 3.63) is 57.9 Å². The van der Waals surface area contributed by atoms with Crippen molar-refractivity contribution in [1.82, 2.24) is 0 Å². The third-order valence-corrected chi connectivity index (χ3v) is 4.44. The summed E-state index contributed by atoms with van der Waals surface area (Å²) >= 11 is 0. The smallest absolute Gasteiger partial charge is 1.00 e. The van der Waals surface area contributed by atoms with Crippen LogP contribution >= 0.6 is 0 Å². The van der Waals surface area contributed by atoms with Crippen molar-refractivity contribution < 1.29 is 46.5 Å². The van der Waals surface area contributed by atoms with Crippen molar-refractivity contribution in [3.8, 4) is 0 Å². The predicted molar refractivity (Wildman–Crippen MR) is 98.1 cm³/mol. The van der Waals surface area contributed by atoms with Crippen LogP contribution in [0.25, 0.3) is 10.9 Å². The molecule has 1 aromatic carbocycles. The van der Waals surface area contributed by atoms with Gasteiger partial charge < -0.3 is 30.1 Å². The first-order valence-electron chi connectivity index (χ1n) is 8.26. The van der Waals surface area contributed by atoms with Gasteiger partial charge in [0.25, 0.3) is 0 Å². The number of nitrogens with zero attached hydrogens (tertiary/aromatic N) is 1. The molecule has 0 bridgehead atoms. The number of halogens is 2. The predicted octanol–water partition coefficient (Wildman–Crippen LogP) is 0.469. The summed E-state index contributed by atoms with van der Waals surface area (Å²) in [5, 5.41) is 5.07. The summed E-state index contributed by atoms with van der Waals surface area (Å²) in [5.41, 5.74) is 6.74. The summed E-state index contributed by atoms with van der Waals surface area (Å²) in [5.74, 6) is 0.478. The zero-order valence-corrected chi connectivity index (χ0v) is 19.7. The van der Waals surface area contributed by atoms with Gasteiger partial charge in [-0.05, 0) is 30.6 Å². The molecular weight excluding hydrogens is 385 g/mol. The molecule has 0 saturated carbocycles. The fraction of sp³-hybridized carbons (Fsp3) is 0.524. The van der Waals surface area contributed by atoms with Gasteiger partial charge in [-0.1, -0.05) is 83.0 Å². The second-order valence-electron chi connectivity index (χ2n) is 8.06. The Morgan fingerprint density at radius 2 is 1.44 bits per heavy atom. The molecular formula is C21H30Cl2NTi. The van der Waals surface area contributed by atoms with E-state index in [2.05, 4.69) is 85.7 Å². The summed E-state index contributed by atoms with van der Waals surface area (Å²) < 4.78 is 0. The Morgan fingerprint density at radius 3 is 1.88 bits per heavy atom. The van der Waals surface area contributed by atoms with Crippen LogP contribution in [0.4, 0.5) is 0 Å². The van der Waals surface area contributed by atoms with E-state index in [1.54, 1.807) is 0 Å². The maximum Gasteiger partial charge on any atom is 3.00 e. The van der Waals surface area contributed by atoms with Crippen LogP contribution in [0.5, 0.6) is 0 Å². The Kier molecular flexibility index (Phi) is 10.6. The Labute approximate surface area is 181 Å². The van der Waals surface area contributed by atoms with Crippen LogP contribution in [-0.4, -0.2) is 5.54 Å². The first-order chi connectivity index (χ1) is 10.0. The van der Waals surface area contributed by atoms with Crippen LogP contribution in [-0.2, 0) is 27.3 Å². The molecule has 0 fully saturated rings. The molecule has 1 atom stereocenters. The van der Waals surface area contributed by atoms with Gasteiger partial charge in [-0.25, -0.2) is 0 Å². The van der Waals surface area contributed by atoms with E-state index in [1.165, 1.54) is 27.8 Å². The van der Waals surface area contributed by atoms with Crippen LogP contribution in [0.3, 0.4) is 0 Å². The van der Waals surface area contributed by atoms with Crippen molar-refractivity contribution in [2.75, 3.05) is 0 Å². The largest absolute Gasteiger partial charge is 3.00 e. The zero-order valence-electron chi connectivity index (χ0n) is 16.7. The van der Waals surface area contributed by atoms with Crippen LogP contribution in [0.1, 0.15) is 66.5 Å². The van der Waals surface area contributed by atoms with Crippen molar-refractivity contribution in [1.29, 1.82) is 0 Å². The molecule has 0 spiro atoms. The quantitative estimate of drug-likeness (QED) is 0.638. The van der Waals surface area contributed by atoms with Gasteiger partial charge in [-0.15, -0.1) is 11.1 Å². The maximum atomic E-state index is 5.07. The monoisotopic (exact) mass is 414 g/mol. The average molecular weight is 415 g/mol. The van der Waals surface area contributed by atoms with Gasteiger partial charge >= 0.3 is 21.7 Å². The summed E-state index contributed by atoms with van der Waals surface area (Å²) in [6, 6.07) is 8.78. The average Bonchev–Trinajstić information content (AvgIpc) is 2.60. The zero-order chi connectivity index (χ0) is 16.7. The molecule has 2 rings (SSSR count). The van der Waals surface area contributed by atoms with Crippen molar-refractivity contribution in [2.24, 2.45) is 5.92 Å². The van der Waals surface area contributed by atoms with Gasteiger partial charge in [0.15, 0.2) is 0 Å². The molecule has 1 nitrogen and oxygen atoms in total. The summed E-state index contributed by atoms with van der Waals surface area (Å²) in [6.07, 6.45) is 2.37. The number of rotatable bonds is 3. The van der Waals surface area contributed by atoms with Crippen molar-refractivity contribution in [3.63, 3.8) is 0 Å². The van der Waals surface area contributed by atoms with Gasteiger partial charge in [0.1, 0.15) is 0 Å². The second-order valence-corrected chi connectivity index (χ2v) is 8.06. The number of hydrogen-bond donors (Lipinski definition) is 0. The van der Waals surface area contributed by atoms with E-state index in [4.69, 9.17) is 5.32 Å². The molecule has 0 heterocycles. The van der Waals surface area contributed by atoms with Crippen molar-refractivity contribution >= 4 is 5.57 Å². The van der Waals surface area contributed by atoms with Gasteiger partial charge in [-0.2, -0.15) is 0 Å². The minimum absolute atomic E-state index is 0. The molecule has 0 N–H and O–H groups in total. The second kappa shape index (κ2) is 9.76. The molecule has 4 heteroatoms. The topological polar surface area (TPSA) is 14.1 Å². The minimum atomic E-state index is -0.196. The van der Waals surface area contributed by atoms with Gasteiger partial charge in [0.05, 0.1) is 0 Å². The van der Waals surface area contributed by atoms with Crippen LogP contribution in [0.15, 0.2) is 41.5 Å². The van der Waals surface area contributed by atoms with Crippen LogP contribution < -0.4 is 24.8 Å². The summed E-state index contributed by atoms with van der Waals surface area (Å²) in [7, 11) is 0. The standard InChI is InChI=1S/C21H30N.2ClH.Ti/c1-14-13-15(2)19(16(14)3)17-11-9-10-12-18(17)21(7,8)22-20(4,5)6;;;/h9-13,15H,1-8H3;2*1H;/q-1;;;+3/p-2. The van der Waals surface area contributed by atoms with Gasteiger partial charge in [-0.3, -0.25) is 0 Å². The van der Waals surface area contributed by atoms with E-state index < -0.39 is 0 Å². The number of benzene rings is 1. The fourth-order valence-electron chi connectivity index (χ4n) is 3.73. The molecule has 0 aliphatic heterocycles. The molecule has 1 aliphatic rings. The van der Waals surface area contributed by atoms with Crippen LogP contribution in [0, 0.1) is 5.92 Å². The Morgan fingerprint density at radius 1 is 0.920 bits per heavy atom. The number of hydrogen-bond acceptors (Lipinski definition) is 0. The Bertz CT molecular complexity index is 640. The van der Waals surface area contributed by atoms with Gasteiger partial charge in [0, 0.05) is 5.92 Å². The maximum absolute atomic E-state index is 5.07. The molecule has 137 valence electrons. The third-order valence-electron chi connectivity index (χ3n) is 4.44. The molecule has 1 aromatic rings. The fourth-order valence-corrected chi connectivity index (χ4v) is 3.73. The third kappa shape index (κ3) is 6.26. The molecule has 25 heavy (non-hydrogen) atoms. The van der Waals surface area contributed by atoms with E-state index in [0.29, 0.717) is 5.92 Å². The van der Waals surface area contributed by atoms with Gasteiger partial charge in [0.2, 0.25) is 0 Å². The molecule has 1 radical (unpaired) electrons. The molecule has 0 aromatic heterocycles. The van der Waals surface area contributed by atoms with E-state index in [9.17, 15) is 0 Å².